The van der Waals surface area contributed by atoms with Crippen molar-refractivity contribution >= 4 is 22.8 Å². The van der Waals surface area contributed by atoms with Crippen LogP contribution in [0.5, 0.6) is 0 Å². The van der Waals surface area contributed by atoms with Gasteiger partial charge in [-0.1, -0.05) is 12.1 Å². The number of anilines is 1. The van der Waals surface area contributed by atoms with E-state index in [0.29, 0.717) is 18.4 Å². The number of aliphatic hydroxyl groups is 1. The Bertz CT molecular complexity index is 1070. The van der Waals surface area contributed by atoms with E-state index < -0.39 is 5.60 Å². The first-order valence-electron chi connectivity index (χ1n) is 12.3. The summed E-state index contributed by atoms with van der Waals surface area (Å²) in [5, 5.41) is 15.6. The second kappa shape index (κ2) is 7.14. The number of amides is 1. The molecule has 4 saturated carbocycles. The first-order chi connectivity index (χ1) is 15.3. The van der Waals surface area contributed by atoms with E-state index in [2.05, 4.69) is 35.3 Å². The summed E-state index contributed by atoms with van der Waals surface area (Å²) in [6, 6.07) is 6.30. The third kappa shape index (κ3) is 3.47. The fourth-order valence-electron chi connectivity index (χ4n) is 7.62. The minimum absolute atomic E-state index is 0.0523. The number of rotatable bonds is 3. The molecule has 4 aliphatic carbocycles. The first-order valence-corrected chi connectivity index (χ1v) is 12.3. The summed E-state index contributed by atoms with van der Waals surface area (Å²) in [5.74, 6) is 1.99. The van der Waals surface area contributed by atoms with Crippen molar-refractivity contribution in [1.82, 2.24) is 15.3 Å². The third-order valence-corrected chi connectivity index (χ3v) is 8.52. The van der Waals surface area contributed by atoms with E-state index in [1.165, 1.54) is 12.0 Å². The fraction of sp³-hybridized carbons (Fsp3) is 0.654. The molecule has 1 saturated heterocycles. The highest BCUT2D eigenvalue weighted by molar-refractivity contribution is 5.83. The van der Waals surface area contributed by atoms with E-state index in [-0.39, 0.29) is 17.4 Å². The molecule has 0 radical (unpaired) electrons. The SMILES string of the molecule is Cc1ccc2c(C)nc(N3CCC[C@H](C(=O)NC45C[C@@H]6C[C@@H](CC(O)(C6)C4)C5)C3)nc2c1. The lowest BCUT2D eigenvalue weighted by Gasteiger charge is -2.60. The molecule has 2 unspecified atom stereocenters. The van der Waals surface area contributed by atoms with Gasteiger partial charge in [-0.05, 0) is 88.7 Å². The minimum Gasteiger partial charge on any atom is -0.390 e. The average molecular weight is 435 g/mol. The largest absolute Gasteiger partial charge is 0.390 e. The van der Waals surface area contributed by atoms with Crippen LogP contribution in [0, 0.1) is 31.6 Å². The molecule has 6 heteroatoms. The highest BCUT2D eigenvalue weighted by Gasteiger charge is 2.57. The van der Waals surface area contributed by atoms with E-state index in [4.69, 9.17) is 9.97 Å². The van der Waals surface area contributed by atoms with E-state index >= 15 is 0 Å². The number of fused-ring (bicyclic) bond motifs is 1. The van der Waals surface area contributed by atoms with Crippen molar-refractivity contribution in [3.8, 4) is 0 Å². The van der Waals surface area contributed by atoms with E-state index in [9.17, 15) is 9.90 Å². The second-order valence-electron chi connectivity index (χ2n) is 11.4. The molecule has 5 fully saturated rings. The lowest BCUT2D eigenvalue weighted by molar-refractivity contribution is -0.152. The van der Waals surface area contributed by atoms with Crippen LogP contribution in [-0.4, -0.2) is 45.2 Å². The Morgan fingerprint density at radius 3 is 2.69 bits per heavy atom. The topological polar surface area (TPSA) is 78.4 Å². The standard InChI is InChI=1S/C26H34N4O2/c1-16-5-6-21-17(2)27-24(28-22(21)8-16)30-7-3-4-20(14-30)23(31)29-25-10-18-9-19(11-25)13-26(32,12-18)15-25/h5-6,8,18-20,32H,3-4,7,9-15H2,1-2H3,(H,29,31)/t18-,19+,20-,25?,26?/m0/s1. The summed E-state index contributed by atoms with van der Waals surface area (Å²) >= 11 is 0. The van der Waals surface area contributed by atoms with Crippen LogP contribution in [0.3, 0.4) is 0 Å². The van der Waals surface area contributed by atoms with E-state index in [0.717, 1.165) is 74.0 Å². The minimum atomic E-state index is -0.551. The molecule has 0 spiro atoms. The Labute approximate surface area is 189 Å². The zero-order chi connectivity index (χ0) is 22.1. The van der Waals surface area contributed by atoms with Crippen LogP contribution in [0.2, 0.25) is 0 Å². The zero-order valence-electron chi connectivity index (χ0n) is 19.2. The number of hydrogen-bond donors (Lipinski definition) is 2. The lowest BCUT2D eigenvalue weighted by atomic mass is 9.51. The summed E-state index contributed by atoms with van der Waals surface area (Å²) in [5.41, 5.74) is 2.41. The summed E-state index contributed by atoms with van der Waals surface area (Å²) in [7, 11) is 0. The van der Waals surface area contributed by atoms with Gasteiger partial charge in [0.25, 0.3) is 0 Å². The van der Waals surface area contributed by atoms with Gasteiger partial charge in [0.1, 0.15) is 0 Å². The molecule has 1 amide bonds. The molecule has 32 heavy (non-hydrogen) atoms. The monoisotopic (exact) mass is 434 g/mol. The summed E-state index contributed by atoms with van der Waals surface area (Å²) in [6.07, 6.45) is 7.78. The van der Waals surface area contributed by atoms with E-state index in [1.807, 2.05) is 6.92 Å². The number of hydrogen-bond acceptors (Lipinski definition) is 5. The maximum absolute atomic E-state index is 13.4. The Morgan fingerprint density at radius 2 is 1.94 bits per heavy atom. The smallest absolute Gasteiger partial charge is 0.226 e. The number of piperidine rings is 1. The Hall–Kier alpha value is -2.21. The molecular formula is C26H34N4O2. The summed E-state index contributed by atoms with van der Waals surface area (Å²) in [6.45, 7) is 5.67. The number of carbonyl (C=O) groups excluding carboxylic acids is 1. The maximum Gasteiger partial charge on any atom is 0.226 e. The van der Waals surface area contributed by atoms with Gasteiger partial charge in [0.15, 0.2) is 0 Å². The van der Waals surface area contributed by atoms with Crippen LogP contribution < -0.4 is 10.2 Å². The number of aryl methyl sites for hydroxylation is 2. The number of benzene rings is 1. The van der Waals surface area contributed by atoms with E-state index in [1.54, 1.807) is 0 Å². The van der Waals surface area contributed by atoms with Gasteiger partial charge in [0, 0.05) is 24.0 Å². The van der Waals surface area contributed by atoms with Crippen molar-refractivity contribution in [1.29, 1.82) is 0 Å². The zero-order valence-corrected chi connectivity index (χ0v) is 19.2. The highest BCUT2D eigenvalue weighted by Crippen LogP contribution is 2.57. The predicted molar refractivity (Wildman–Crippen MR) is 124 cm³/mol. The molecule has 5 aliphatic rings. The van der Waals surface area contributed by atoms with Gasteiger partial charge in [-0.15, -0.1) is 0 Å². The van der Waals surface area contributed by atoms with Gasteiger partial charge < -0.3 is 15.3 Å². The third-order valence-electron chi connectivity index (χ3n) is 8.52. The van der Waals surface area contributed by atoms with Gasteiger partial charge in [0.05, 0.1) is 22.7 Å². The number of nitrogens with zero attached hydrogens (tertiary/aromatic N) is 3. The molecule has 5 atom stereocenters. The molecule has 2 aromatic rings. The molecule has 1 aromatic heterocycles. The maximum atomic E-state index is 13.4. The molecular weight excluding hydrogens is 400 g/mol. The molecule has 6 nitrogen and oxygen atoms in total. The summed E-state index contributed by atoms with van der Waals surface area (Å²) < 4.78 is 0. The van der Waals surface area contributed by atoms with Gasteiger partial charge in [-0.25, -0.2) is 9.97 Å². The quantitative estimate of drug-likeness (QED) is 0.771. The number of nitrogens with one attached hydrogen (secondary N) is 1. The molecule has 4 bridgehead atoms. The first kappa shape index (κ1) is 20.4. The molecule has 7 rings (SSSR count). The average Bonchev–Trinajstić information content (AvgIpc) is 2.71. The fourth-order valence-corrected chi connectivity index (χ4v) is 7.62. The Morgan fingerprint density at radius 1 is 1.16 bits per heavy atom. The lowest BCUT2D eigenvalue weighted by Crippen LogP contribution is -2.66. The van der Waals surface area contributed by atoms with Gasteiger partial charge in [-0.3, -0.25) is 4.79 Å². The molecule has 170 valence electrons. The molecule has 1 aliphatic heterocycles. The molecule has 1 aromatic carbocycles. The Balaban J connectivity index is 1.20. The molecule has 2 N–H and O–H groups in total. The van der Waals surface area contributed by atoms with Crippen molar-refractivity contribution in [2.24, 2.45) is 17.8 Å². The van der Waals surface area contributed by atoms with Crippen molar-refractivity contribution in [3.63, 3.8) is 0 Å². The van der Waals surface area contributed by atoms with Crippen molar-refractivity contribution in [2.75, 3.05) is 18.0 Å². The van der Waals surface area contributed by atoms with Gasteiger partial charge in [0.2, 0.25) is 11.9 Å². The van der Waals surface area contributed by atoms with Crippen LogP contribution in [0.4, 0.5) is 5.95 Å². The van der Waals surface area contributed by atoms with Crippen LogP contribution in [0.25, 0.3) is 10.9 Å². The van der Waals surface area contributed by atoms with Crippen molar-refractivity contribution in [2.45, 2.75) is 76.4 Å². The van der Waals surface area contributed by atoms with Crippen LogP contribution >= 0.6 is 0 Å². The highest BCUT2D eigenvalue weighted by atomic mass is 16.3. The Kier molecular flexibility index (Phi) is 4.55. The van der Waals surface area contributed by atoms with Crippen LogP contribution in [0.15, 0.2) is 18.2 Å². The summed E-state index contributed by atoms with van der Waals surface area (Å²) in [4.78, 5) is 25.3. The number of aromatic nitrogens is 2. The van der Waals surface area contributed by atoms with Gasteiger partial charge in [-0.2, -0.15) is 0 Å². The normalized spacial score (nSPS) is 36.0. The predicted octanol–water partition coefficient (Wildman–Crippen LogP) is 3.66. The molecule has 2 heterocycles. The number of carbonyl (C=O) groups is 1. The second-order valence-corrected chi connectivity index (χ2v) is 11.4. The van der Waals surface area contributed by atoms with Crippen LogP contribution in [0.1, 0.15) is 62.6 Å². The van der Waals surface area contributed by atoms with Crippen molar-refractivity contribution in [3.05, 3.63) is 29.5 Å². The van der Waals surface area contributed by atoms with Crippen LogP contribution in [-0.2, 0) is 4.79 Å². The van der Waals surface area contributed by atoms with Gasteiger partial charge >= 0.3 is 0 Å². The van der Waals surface area contributed by atoms with Crippen molar-refractivity contribution < 1.29 is 9.90 Å².